The van der Waals surface area contributed by atoms with Gasteiger partial charge >= 0.3 is 0 Å². The van der Waals surface area contributed by atoms with Crippen LogP contribution in [0.25, 0.3) is 0 Å². The zero-order valence-corrected chi connectivity index (χ0v) is 5.97. The molecule has 1 saturated heterocycles. The molecule has 0 aromatic heterocycles. The van der Waals surface area contributed by atoms with E-state index in [1.165, 1.54) is 12.8 Å². The maximum atomic E-state index is 5.01. The Morgan fingerprint density at radius 3 is 3.00 bits per heavy atom. The summed E-state index contributed by atoms with van der Waals surface area (Å²) in [5.41, 5.74) is 0. The Kier molecular flexibility index (Phi) is 2.49. The Morgan fingerprint density at radius 2 is 2.56 bits per heavy atom. The first-order valence-corrected chi connectivity index (χ1v) is 3.40. The van der Waals surface area contributed by atoms with E-state index in [0.29, 0.717) is 6.04 Å². The van der Waals surface area contributed by atoms with Crippen LogP contribution < -0.4 is 0 Å². The molecule has 0 saturated carbocycles. The summed E-state index contributed by atoms with van der Waals surface area (Å²) in [6, 6.07) is 0.579. The van der Waals surface area contributed by atoms with Gasteiger partial charge < -0.3 is 9.64 Å². The van der Waals surface area contributed by atoms with Crippen LogP contribution in [0, 0.1) is 7.05 Å². The lowest BCUT2D eigenvalue weighted by Crippen LogP contribution is -2.26. The van der Waals surface area contributed by atoms with Gasteiger partial charge in [-0.15, -0.1) is 0 Å². The maximum absolute atomic E-state index is 5.01. The Hall–Kier alpha value is -0.0800. The number of methoxy groups -OCH3 is 1. The highest BCUT2D eigenvalue weighted by atomic mass is 16.5. The molecule has 0 radical (unpaired) electrons. The Morgan fingerprint density at radius 1 is 1.78 bits per heavy atom. The first-order chi connectivity index (χ1) is 4.34. The second-order valence-corrected chi connectivity index (χ2v) is 2.56. The second kappa shape index (κ2) is 3.18. The maximum Gasteiger partial charge on any atom is 0.0594 e. The monoisotopic (exact) mass is 128 g/mol. The number of rotatable bonds is 2. The molecule has 0 unspecified atom stereocenters. The summed E-state index contributed by atoms with van der Waals surface area (Å²) in [4.78, 5) is 2.11. The van der Waals surface area contributed by atoms with Crippen molar-refractivity contribution in [3.63, 3.8) is 0 Å². The van der Waals surface area contributed by atoms with E-state index in [9.17, 15) is 0 Å². The van der Waals surface area contributed by atoms with Crippen molar-refractivity contribution in [1.82, 2.24) is 4.90 Å². The van der Waals surface area contributed by atoms with Gasteiger partial charge in [-0.3, -0.25) is 7.05 Å². The number of hydrogen-bond donors (Lipinski definition) is 0. The van der Waals surface area contributed by atoms with Crippen molar-refractivity contribution in [3.05, 3.63) is 7.05 Å². The fraction of sp³-hybridized carbons (Fsp3) is 0.857. The van der Waals surface area contributed by atoms with Gasteiger partial charge in [0.25, 0.3) is 0 Å². The van der Waals surface area contributed by atoms with Crippen molar-refractivity contribution in [2.45, 2.75) is 18.9 Å². The van der Waals surface area contributed by atoms with Gasteiger partial charge in [0.15, 0.2) is 0 Å². The van der Waals surface area contributed by atoms with Gasteiger partial charge in [-0.05, 0) is 19.4 Å². The highest BCUT2D eigenvalue weighted by Crippen LogP contribution is 2.14. The van der Waals surface area contributed by atoms with Crippen molar-refractivity contribution in [2.75, 3.05) is 20.3 Å². The van der Waals surface area contributed by atoms with Crippen molar-refractivity contribution < 1.29 is 4.74 Å². The first kappa shape index (κ1) is 7.03. The summed E-state index contributed by atoms with van der Waals surface area (Å²) >= 11 is 0. The zero-order chi connectivity index (χ0) is 6.69. The molecule has 1 aliphatic rings. The third-order valence-electron chi connectivity index (χ3n) is 1.86. The molecule has 54 valence electrons. The Balaban J connectivity index is 2.22. The van der Waals surface area contributed by atoms with Gasteiger partial charge in [-0.1, -0.05) is 0 Å². The minimum atomic E-state index is 0.579. The van der Waals surface area contributed by atoms with Crippen molar-refractivity contribution in [3.8, 4) is 0 Å². The van der Waals surface area contributed by atoms with Gasteiger partial charge in [0.05, 0.1) is 6.61 Å². The van der Waals surface area contributed by atoms with E-state index in [0.717, 1.165) is 13.2 Å². The third kappa shape index (κ3) is 1.66. The minimum absolute atomic E-state index is 0.579. The topological polar surface area (TPSA) is 12.5 Å². The van der Waals surface area contributed by atoms with Crippen LogP contribution in [-0.4, -0.2) is 31.2 Å². The van der Waals surface area contributed by atoms with Gasteiger partial charge in [-0.25, -0.2) is 0 Å². The highest BCUT2D eigenvalue weighted by Gasteiger charge is 2.14. The SMILES string of the molecule is [CH2-]N1CCC[C@H]1COC. The molecule has 2 heteroatoms. The molecule has 1 atom stereocenters. The molecule has 0 aliphatic carbocycles. The predicted molar refractivity (Wildman–Crippen MR) is 37.0 cm³/mol. The lowest BCUT2D eigenvalue weighted by molar-refractivity contribution is 0.136. The molecule has 0 aromatic carbocycles. The van der Waals surface area contributed by atoms with Gasteiger partial charge in [0.1, 0.15) is 0 Å². The second-order valence-electron chi connectivity index (χ2n) is 2.56. The Labute approximate surface area is 56.8 Å². The van der Waals surface area contributed by atoms with Crippen LogP contribution >= 0.6 is 0 Å². The normalized spacial score (nSPS) is 29.3. The lowest BCUT2D eigenvalue weighted by atomic mass is 10.2. The molecule has 2 nitrogen and oxygen atoms in total. The lowest BCUT2D eigenvalue weighted by Gasteiger charge is -2.25. The average molecular weight is 128 g/mol. The van der Waals surface area contributed by atoms with Crippen molar-refractivity contribution in [2.24, 2.45) is 0 Å². The van der Waals surface area contributed by atoms with E-state index in [4.69, 9.17) is 4.74 Å². The van der Waals surface area contributed by atoms with Crippen molar-refractivity contribution >= 4 is 0 Å². The van der Waals surface area contributed by atoms with E-state index >= 15 is 0 Å². The van der Waals surface area contributed by atoms with Crippen LogP contribution in [0.1, 0.15) is 12.8 Å². The fourth-order valence-corrected chi connectivity index (χ4v) is 1.28. The predicted octanol–water partition coefficient (Wildman–Crippen LogP) is 0.889. The molecule has 9 heavy (non-hydrogen) atoms. The van der Waals surface area contributed by atoms with E-state index in [2.05, 4.69) is 11.9 Å². The van der Waals surface area contributed by atoms with Crippen LogP contribution in [0.15, 0.2) is 0 Å². The average Bonchev–Trinajstić information content (AvgIpc) is 2.18. The largest absolute Gasteiger partial charge is 0.455 e. The van der Waals surface area contributed by atoms with Crippen LogP contribution in [0.2, 0.25) is 0 Å². The summed E-state index contributed by atoms with van der Waals surface area (Å²) in [7, 11) is 5.63. The zero-order valence-electron chi connectivity index (χ0n) is 5.97. The third-order valence-corrected chi connectivity index (χ3v) is 1.86. The van der Waals surface area contributed by atoms with Crippen LogP contribution in [0.4, 0.5) is 0 Å². The standard InChI is InChI=1S/C7H14NO/c1-8-5-3-4-7(8)6-9-2/h7H,1,3-6H2,2H3/q-1/t7-/m0/s1. The molecule has 0 aromatic rings. The van der Waals surface area contributed by atoms with Gasteiger partial charge in [0.2, 0.25) is 0 Å². The summed E-state index contributed by atoms with van der Waals surface area (Å²) in [6.45, 7) is 1.97. The molecule has 0 N–H and O–H groups in total. The van der Waals surface area contributed by atoms with E-state index in [-0.39, 0.29) is 0 Å². The molecule has 1 rings (SSSR count). The van der Waals surface area contributed by atoms with Crippen molar-refractivity contribution in [1.29, 1.82) is 0 Å². The highest BCUT2D eigenvalue weighted by molar-refractivity contribution is 4.77. The molecule has 0 spiro atoms. The quantitative estimate of drug-likeness (QED) is 0.512. The van der Waals surface area contributed by atoms with Crippen LogP contribution in [-0.2, 0) is 4.74 Å². The summed E-state index contributed by atoms with van der Waals surface area (Å²) in [5.74, 6) is 0. The number of likely N-dealkylation sites (tertiary alicyclic amines) is 1. The minimum Gasteiger partial charge on any atom is -0.455 e. The molecule has 1 aliphatic heterocycles. The summed E-state index contributed by atoms with van der Waals surface area (Å²) in [5, 5.41) is 0. The Bertz CT molecular complexity index is 85.0. The molecule has 0 bridgehead atoms. The van der Waals surface area contributed by atoms with Gasteiger partial charge in [-0.2, -0.15) is 0 Å². The number of ether oxygens (including phenoxy) is 1. The molecule has 1 fully saturated rings. The fourth-order valence-electron chi connectivity index (χ4n) is 1.28. The van der Waals surface area contributed by atoms with E-state index < -0.39 is 0 Å². The van der Waals surface area contributed by atoms with E-state index in [1.54, 1.807) is 7.11 Å². The number of nitrogens with zero attached hydrogens (tertiary/aromatic N) is 1. The summed E-state index contributed by atoms with van der Waals surface area (Å²) in [6.07, 6.45) is 2.52. The van der Waals surface area contributed by atoms with Crippen LogP contribution in [0.3, 0.4) is 0 Å². The number of hydrogen-bond acceptors (Lipinski definition) is 2. The molecular weight excluding hydrogens is 114 g/mol. The first-order valence-electron chi connectivity index (χ1n) is 3.40. The smallest absolute Gasteiger partial charge is 0.0594 e. The molecule has 0 amide bonds. The van der Waals surface area contributed by atoms with Gasteiger partial charge in [0, 0.05) is 13.2 Å². The van der Waals surface area contributed by atoms with E-state index in [1.807, 2.05) is 0 Å². The molecule has 1 heterocycles. The van der Waals surface area contributed by atoms with Crippen LogP contribution in [0.5, 0.6) is 0 Å². The molecular formula is C7H14NO-. The summed E-state index contributed by atoms with van der Waals surface area (Å²) < 4.78 is 5.01.